The average molecular weight is 879 g/mol. The van der Waals surface area contributed by atoms with Crippen LogP contribution in [0.2, 0.25) is 0 Å². The molecule has 3 aromatic carbocycles. The predicted molar refractivity (Wildman–Crippen MR) is 197 cm³/mol. The molecule has 10 nitrogen and oxygen atoms in total. The monoisotopic (exact) mass is 878 g/mol. The second-order valence-corrected chi connectivity index (χ2v) is 17.9. The third kappa shape index (κ3) is 36.3. The second-order valence-electron chi connectivity index (χ2n) is 8.28. The van der Waals surface area contributed by atoms with Crippen LogP contribution in [0.5, 0.6) is 0 Å². The van der Waals surface area contributed by atoms with Crippen LogP contribution in [0, 0.1) is 7.14 Å². The van der Waals surface area contributed by atoms with Crippen LogP contribution in [0.3, 0.4) is 0 Å². The molecule has 0 unspecified atom stereocenters. The van der Waals surface area contributed by atoms with Crippen molar-refractivity contribution in [3.05, 3.63) is 98.1 Å². The fourth-order valence-corrected chi connectivity index (χ4v) is 7.69. The van der Waals surface area contributed by atoms with Crippen LogP contribution in [-0.4, -0.2) is 78.8 Å². The lowest BCUT2D eigenvalue weighted by Gasteiger charge is -2.13. The van der Waals surface area contributed by atoms with Crippen LogP contribution in [0.4, 0.5) is 0 Å². The molecule has 282 valence electrons. The lowest BCUT2D eigenvalue weighted by atomic mass is 10.4. The Kier molecular flexibility index (Phi) is 38.9. The van der Waals surface area contributed by atoms with E-state index in [1.807, 2.05) is 53.3 Å². The summed E-state index contributed by atoms with van der Waals surface area (Å²) in [5, 5.41) is 17.7. The maximum Gasteiger partial charge on any atom is 0.357 e. The van der Waals surface area contributed by atoms with Gasteiger partial charge >= 0.3 is 21.2 Å². The molecule has 0 bridgehead atoms. The number of hydrogen-bond acceptors (Lipinski definition) is 11. The molecule has 15 heteroatoms. The third-order valence-electron chi connectivity index (χ3n) is 4.70. The van der Waals surface area contributed by atoms with Crippen LogP contribution >= 0.6 is 11.8 Å². The molecule has 2 fully saturated rings. The largest absolute Gasteiger partial charge is 0.707 e. The summed E-state index contributed by atoms with van der Waals surface area (Å²) in [6.07, 6.45) is 1.36. The van der Waals surface area contributed by atoms with Crippen molar-refractivity contribution in [1.29, 1.82) is 0 Å². The molecule has 0 spiro atoms. The van der Waals surface area contributed by atoms with Crippen molar-refractivity contribution in [3.8, 4) is 0 Å². The van der Waals surface area contributed by atoms with E-state index < -0.39 is 20.2 Å². The van der Waals surface area contributed by atoms with Gasteiger partial charge in [-0.05, 0) is 36.4 Å². The van der Waals surface area contributed by atoms with E-state index in [-0.39, 0.29) is 21.2 Å². The second kappa shape index (κ2) is 36.5. The topological polar surface area (TPSA) is 151 Å². The van der Waals surface area contributed by atoms with Crippen molar-refractivity contribution in [2.75, 3.05) is 62.0 Å². The minimum Gasteiger partial charge on any atom is -0.707 e. The first-order valence-corrected chi connectivity index (χ1v) is 24.3. The van der Waals surface area contributed by atoms with E-state index in [0.29, 0.717) is 23.4 Å². The maximum atomic E-state index is 9.47. The highest BCUT2D eigenvalue weighted by molar-refractivity contribution is 7.99. The molecule has 49 heavy (non-hydrogen) atoms. The number of ether oxygens (including phenoxy) is 2. The van der Waals surface area contributed by atoms with E-state index in [0.717, 1.165) is 26.4 Å². The SMILES string of the molecule is C1CSCCO1.CC.CC.CC.CS(=O)(=O)O[O-].CS(=O)(=O)O[O-].c1ccc([I+]c2ccccc2)cc1.c1ccc([S+]2CCOCC2)cc1. The molecule has 3 aromatic rings. The molecule has 0 saturated carbocycles. The summed E-state index contributed by atoms with van der Waals surface area (Å²) < 4.78 is 56.5. The van der Waals surface area contributed by atoms with Crippen LogP contribution in [-0.2, 0) is 49.3 Å². The highest BCUT2D eigenvalue weighted by Gasteiger charge is 2.24. The van der Waals surface area contributed by atoms with Crippen molar-refractivity contribution in [3.63, 3.8) is 0 Å². The molecule has 2 saturated heterocycles. The zero-order valence-electron chi connectivity index (χ0n) is 29.9. The first-order chi connectivity index (χ1) is 23.5. The minimum absolute atomic E-state index is 0.0287. The van der Waals surface area contributed by atoms with E-state index in [4.69, 9.17) is 20.0 Å². The zero-order chi connectivity index (χ0) is 37.8. The molecule has 0 aromatic heterocycles. The van der Waals surface area contributed by atoms with E-state index in [1.165, 1.54) is 35.0 Å². The first-order valence-electron chi connectivity index (χ1n) is 15.8. The van der Waals surface area contributed by atoms with Gasteiger partial charge in [0.25, 0.3) is 20.2 Å². The molecule has 0 atom stereocenters. The highest BCUT2D eigenvalue weighted by atomic mass is 127. The Hall–Kier alpha value is -1.25. The van der Waals surface area contributed by atoms with Gasteiger partial charge < -0.3 is 28.7 Å². The summed E-state index contributed by atoms with van der Waals surface area (Å²) in [5.74, 6) is 4.81. The molecule has 0 radical (unpaired) electrons. The van der Waals surface area contributed by atoms with Crippen LogP contribution in [0.15, 0.2) is 95.9 Å². The minimum atomic E-state index is -3.72. The van der Waals surface area contributed by atoms with Gasteiger partial charge in [-0.25, -0.2) is 16.8 Å². The van der Waals surface area contributed by atoms with Gasteiger partial charge in [0.15, 0.2) is 12.0 Å². The van der Waals surface area contributed by atoms with Crippen molar-refractivity contribution in [2.24, 2.45) is 0 Å². The van der Waals surface area contributed by atoms with E-state index in [9.17, 15) is 16.8 Å². The fraction of sp³-hybridized carbons (Fsp3) is 0.471. The molecule has 0 amide bonds. The number of halogens is 1. The predicted octanol–water partition coefficient (Wildman–Crippen LogP) is 1.81. The Balaban J connectivity index is -0.000000541. The molecule has 2 aliphatic rings. The van der Waals surface area contributed by atoms with E-state index in [2.05, 4.69) is 99.7 Å². The Labute approximate surface area is 314 Å². The Morgan fingerprint density at radius 3 is 1.16 bits per heavy atom. The van der Waals surface area contributed by atoms with Crippen LogP contribution in [0.1, 0.15) is 41.5 Å². The summed E-state index contributed by atoms with van der Waals surface area (Å²) in [5.41, 5.74) is 0. The van der Waals surface area contributed by atoms with Crippen molar-refractivity contribution >= 4 is 42.9 Å². The van der Waals surface area contributed by atoms with Crippen molar-refractivity contribution < 1.29 is 66.7 Å². The summed E-state index contributed by atoms with van der Waals surface area (Å²) in [6.45, 7) is 15.8. The van der Waals surface area contributed by atoms with Crippen molar-refractivity contribution in [1.82, 2.24) is 0 Å². The molecule has 2 aliphatic heterocycles. The standard InChI is InChI=1S/C12H10I.C10H13OS.C4H8OS.3C2H6.2CH4O4S/c1-3-7-11(8-4-1)13-12-9-5-2-6-10-12;1-2-4-10(5-3-1)12-8-6-11-7-9-12;1-3-6-4-2-5-1;3*1-2;2*1-6(3,4)5-2/h1-10H;1-5H,6-9H2;1-4H2;3*1-2H3;2*2H,1H3/q2*+1;;;;;;/p-2. The van der Waals surface area contributed by atoms with E-state index >= 15 is 0 Å². The highest BCUT2D eigenvalue weighted by Crippen LogP contribution is 2.16. The Morgan fingerprint density at radius 1 is 0.592 bits per heavy atom. The fourth-order valence-electron chi connectivity index (χ4n) is 2.89. The number of rotatable bonds is 5. The quantitative estimate of drug-likeness (QED) is 0.160. The van der Waals surface area contributed by atoms with Gasteiger partial charge in [0.1, 0.15) is 11.5 Å². The summed E-state index contributed by atoms with van der Waals surface area (Å²) in [6, 6.07) is 32.2. The number of benzene rings is 3. The smallest absolute Gasteiger partial charge is 0.357 e. The third-order valence-corrected chi connectivity index (χ3v) is 11.0. The molecule has 2 heterocycles. The van der Waals surface area contributed by atoms with Gasteiger partial charge in [-0.2, -0.15) is 11.8 Å². The van der Waals surface area contributed by atoms with Gasteiger partial charge in [0, 0.05) is 22.4 Å². The van der Waals surface area contributed by atoms with Gasteiger partial charge in [0.2, 0.25) is 0 Å². The van der Waals surface area contributed by atoms with E-state index in [1.54, 1.807) is 0 Å². The van der Waals surface area contributed by atoms with Crippen molar-refractivity contribution in [2.45, 2.75) is 46.4 Å². The van der Waals surface area contributed by atoms with Gasteiger partial charge in [-0.1, -0.05) is 96.1 Å². The Bertz CT molecular complexity index is 1210. The van der Waals surface area contributed by atoms with Gasteiger partial charge in [0.05, 0.1) is 38.9 Å². The van der Waals surface area contributed by atoms with Crippen LogP contribution in [0.25, 0.3) is 0 Å². The lowest BCUT2D eigenvalue weighted by Crippen LogP contribution is -3.61. The maximum absolute atomic E-state index is 9.47. The number of thioether (sulfide) groups is 1. The van der Waals surface area contributed by atoms with Gasteiger partial charge in [-0.15, -0.1) is 0 Å². The Morgan fingerprint density at radius 2 is 0.898 bits per heavy atom. The zero-order valence-corrected chi connectivity index (χ0v) is 35.3. The normalized spacial score (nSPS) is 13.5. The first kappa shape index (κ1) is 52.1. The molecular weight excluding hydrogens is 824 g/mol. The summed E-state index contributed by atoms with van der Waals surface area (Å²) >= 11 is 2.00. The molecular formula is C34H55IO10S4. The van der Waals surface area contributed by atoms with Gasteiger partial charge in [-0.3, -0.25) is 0 Å². The lowest BCUT2D eigenvalue weighted by molar-refractivity contribution is -0.634. The summed E-state index contributed by atoms with van der Waals surface area (Å²) in [4.78, 5) is 1.50. The average Bonchev–Trinajstić information content (AvgIpc) is 3.17. The molecule has 0 aliphatic carbocycles. The molecule has 5 rings (SSSR count). The molecule has 0 N–H and O–H groups in total. The summed E-state index contributed by atoms with van der Waals surface area (Å²) in [7, 11) is -6.97. The van der Waals surface area contributed by atoms with Crippen LogP contribution < -0.4 is 31.7 Å². The number of hydrogen-bond donors (Lipinski definition) is 0.